The molecule has 0 aliphatic rings. The Hall–Kier alpha value is -0.940. The van der Waals surface area contributed by atoms with E-state index in [2.05, 4.69) is 20.9 Å². The number of halogens is 1. The number of amides is 1. The lowest BCUT2D eigenvalue weighted by atomic mass is 10.2. The molecule has 0 spiro atoms. The fourth-order valence-corrected chi connectivity index (χ4v) is 2.05. The molecule has 0 aromatic carbocycles. The van der Waals surface area contributed by atoms with Crippen molar-refractivity contribution in [1.29, 1.82) is 0 Å². The van der Waals surface area contributed by atoms with Crippen molar-refractivity contribution in [3.63, 3.8) is 0 Å². The normalized spacial score (nSPS) is 12.2. The third kappa shape index (κ3) is 3.78. The lowest BCUT2D eigenvalue weighted by molar-refractivity contribution is 0.0579. The van der Waals surface area contributed by atoms with E-state index in [4.69, 9.17) is 4.74 Å². The highest BCUT2D eigenvalue weighted by Crippen LogP contribution is 2.12. The van der Waals surface area contributed by atoms with Crippen LogP contribution in [-0.2, 0) is 4.74 Å². The number of likely N-dealkylation sites (N-methyl/N-ethyl adjacent to an activating group) is 1. The highest BCUT2D eigenvalue weighted by Gasteiger charge is 2.19. The van der Waals surface area contributed by atoms with Gasteiger partial charge < -0.3 is 9.64 Å². The molecule has 4 nitrogen and oxygen atoms in total. The molecule has 1 amide bonds. The summed E-state index contributed by atoms with van der Waals surface area (Å²) in [6.45, 7) is 5.12. The molecule has 0 N–H and O–H groups in total. The van der Waals surface area contributed by atoms with Gasteiger partial charge in [0.1, 0.15) is 4.60 Å². The number of carbonyl (C=O) groups is 1. The van der Waals surface area contributed by atoms with Gasteiger partial charge in [0.2, 0.25) is 0 Å². The van der Waals surface area contributed by atoms with Crippen LogP contribution in [0.3, 0.4) is 0 Å². The van der Waals surface area contributed by atoms with Crippen molar-refractivity contribution in [2.24, 2.45) is 0 Å². The van der Waals surface area contributed by atoms with Crippen molar-refractivity contribution in [3.05, 3.63) is 28.5 Å². The van der Waals surface area contributed by atoms with Gasteiger partial charge in [-0.1, -0.05) is 0 Å². The van der Waals surface area contributed by atoms with Crippen LogP contribution in [0.2, 0.25) is 0 Å². The quantitative estimate of drug-likeness (QED) is 0.784. The van der Waals surface area contributed by atoms with Crippen LogP contribution in [0.25, 0.3) is 0 Å². The molecule has 94 valence electrons. The Morgan fingerprint density at radius 3 is 2.88 bits per heavy atom. The molecule has 0 fully saturated rings. The Bertz CT molecular complexity index is 385. The summed E-state index contributed by atoms with van der Waals surface area (Å²) in [7, 11) is 1.64. The van der Waals surface area contributed by atoms with Crippen LogP contribution in [-0.4, -0.2) is 42.1 Å². The van der Waals surface area contributed by atoms with Crippen LogP contribution in [0, 0.1) is 0 Å². The van der Waals surface area contributed by atoms with Crippen molar-refractivity contribution < 1.29 is 9.53 Å². The van der Waals surface area contributed by atoms with E-state index in [0.717, 1.165) is 0 Å². The molecule has 0 bridgehead atoms. The second-order valence-electron chi connectivity index (χ2n) is 3.76. The van der Waals surface area contributed by atoms with Crippen LogP contribution in [0.15, 0.2) is 22.9 Å². The van der Waals surface area contributed by atoms with E-state index >= 15 is 0 Å². The molecule has 5 heteroatoms. The van der Waals surface area contributed by atoms with Crippen LogP contribution >= 0.6 is 15.9 Å². The Balaban J connectivity index is 2.86. The van der Waals surface area contributed by atoms with E-state index in [1.165, 1.54) is 0 Å². The summed E-state index contributed by atoms with van der Waals surface area (Å²) < 4.78 is 5.75. The molecule has 1 aromatic rings. The predicted molar refractivity (Wildman–Crippen MR) is 70.0 cm³/mol. The summed E-state index contributed by atoms with van der Waals surface area (Å²) in [5, 5.41) is 0. The maximum Gasteiger partial charge on any atom is 0.254 e. The van der Waals surface area contributed by atoms with Gasteiger partial charge in [-0.3, -0.25) is 4.79 Å². The molecule has 1 atom stereocenters. The molecule has 17 heavy (non-hydrogen) atoms. The Kier molecular flexibility index (Phi) is 5.58. The number of carbonyl (C=O) groups excluding carboxylic acids is 1. The first-order valence-corrected chi connectivity index (χ1v) is 6.30. The molecule has 0 saturated heterocycles. The predicted octanol–water partition coefficient (Wildman–Crippen LogP) is 2.34. The summed E-state index contributed by atoms with van der Waals surface area (Å²) in [4.78, 5) is 18.1. The maximum absolute atomic E-state index is 12.3. The molecular formula is C12H17BrN2O2. The topological polar surface area (TPSA) is 42.4 Å². The van der Waals surface area contributed by atoms with E-state index in [9.17, 15) is 4.79 Å². The lowest BCUT2D eigenvalue weighted by Crippen LogP contribution is -2.40. The number of nitrogens with zero attached hydrogens (tertiary/aromatic N) is 2. The third-order valence-electron chi connectivity index (χ3n) is 2.51. The molecule has 1 unspecified atom stereocenters. The van der Waals surface area contributed by atoms with Gasteiger partial charge in [0, 0.05) is 25.4 Å². The average molecular weight is 301 g/mol. The van der Waals surface area contributed by atoms with Gasteiger partial charge in [-0.15, -0.1) is 0 Å². The Labute approximate surface area is 110 Å². The molecule has 1 heterocycles. The Morgan fingerprint density at radius 1 is 1.65 bits per heavy atom. The smallest absolute Gasteiger partial charge is 0.254 e. The van der Waals surface area contributed by atoms with Crippen molar-refractivity contribution in [1.82, 2.24) is 9.88 Å². The van der Waals surface area contributed by atoms with Gasteiger partial charge in [0.25, 0.3) is 5.91 Å². The highest BCUT2D eigenvalue weighted by molar-refractivity contribution is 9.10. The maximum atomic E-state index is 12.3. The summed E-state index contributed by atoms with van der Waals surface area (Å²) in [6.07, 6.45) is 1.62. The summed E-state index contributed by atoms with van der Waals surface area (Å²) in [6, 6.07) is 3.50. The van der Waals surface area contributed by atoms with Gasteiger partial charge in [-0.25, -0.2) is 4.98 Å². The summed E-state index contributed by atoms with van der Waals surface area (Å²) in [5.41, 5.74) is 0.636. The van der Waals surface area contributed by atoms with Crippen LogP contribution < -0.4 is 0 Å². The van der Waals surface area contributed by atoms with E-state index in [-0.39, 0.29) is 11.9 Å². The largest absolute Gasteiger partial charge is 0.383 e. The van der Waals surface area contributed by atoms with Crippen molar-refractivity contribution in [2.75, 3.05) is 20.3 Å². The van der Waals surface area contributed by atoms with E-state index in [1.54, 1.807) is 30.3 Å². The lowest BCUT2D eigenvalue weighted by Gasteiger charge is -2.27. The van der Waals surface area contributed by atoms with Gasteiger partial charge in [0.05, 0.1) is 12.6 Å². The molecule has 0 radical (unpaired) electrons. The first-order chi connectivity index (χ1) is 8.10. The number of rotatable bonds is 5. The molecular weight excluding hydrogens is 284 g/mol. The summed E-state index contributed by atoms with van der Waals surface area (Å²) in [5.74, 6) is 0.000139. The minimum absolute atomic E-state index is 0.000139. The second-order valence-corrected chi connectivity index (χ2v) is 4.58. The van der Waals surface area contributed by atoms with Crippen LogP contribution in [0.4, 0.5) is 0 Å². The van der Waals surface area contributed by atoms with E-state index in [0.29, 0.717) is 23.3 Å². The fraction of sp³-hybridized carbons (Fsp3) is 0.500. The molecule has 0 aliphatic carbocycles. The number of ether oxygens (including phenoxy) is 1. The zero-order chi connectivity index (χ0) is 12.8. The molecule has 1 aromatic heterocycles. The fourth-order valence-electron chi connectivity index (χ4n) is 1.69. The van der Waals surface area contributed by atoms with Gasteiger partial charge >= 0.3 is 0 Å². The zero-order valence-corrected chi connectivity index (χ0v) is 11.9. The first kappa shape index (κ1) is 14.1. The first-order valence-electron chi connectivity index (χ1n) is 5.51. The average Bonchev–Trinajstić information content (AvgIpc) is 2.30. The monoisotopic (exact) mass is 300 g/mol. The van der Waals surface area contributed by atoms with Gasteiger partial charge in [-0.05, 0) is 41.9 Å². The van der Waals surface area contributed by atoms with E-state index < -0.39 is 0 Å². The van der Waals surface area contributed by atoms with Gasteiger partial charge in [-0.2, -0.15) is 0 Å². The number of pyridine rings is 1. The Morgan fingerprint density at radius 2 is 2.35 bits per heavy atom. The summed E-state index contributed by atoms with van der Waals surface area (Å²) >= 11 is 3.26. The molecule has 1 rings (SSSR count). The van der Waals surface area contributed by atoms with Crippen molar-refractivity contribution in [2.45, 2.75) is 19.9 Å². The zero-order valence-electron chi connectivity index (χ0n) is 10.3. The van der Waals surface area contributed by atoms with Crippen LogP contribution in [0.1, 0.15) is 24.2 Å². The third-order valence-corrected chi connectivity index (χ3v) is 2.95. The van der Waals surface area contributed by atoms with Crippen LogP contribution in [0.5, 0.6) is 0 Å². The number of methoxy groups -OCH3 is 1. The van der Waals surface area contributed by atoms with Gasteiger partial charge in [0.15, 0.2) is 0 Å². The van der Waals surface area contributed by atoms with Crippen molar-refractivity contribution >= 4 is 21.8 Å². The van der Waals surface area contributed by atoms with E-state index in [1.807, 2.05) is 13.8 Å². The SMILES string of the molecule is CCN(C(=O)c1ccnc(Br)c1)C(C)COC. The highest BCUT2D eigenvalue weighted by atomic mass is 79.9. The van der Waals surface area contributed by atoms with Crippen molar-refractivity contribution in [3.8, 4) is 0 Å². The molecule has 0 saturated carbocycles. The number of hydrogen-bond acceptors (Lipinski definition) is 3. The number of hydrogen-bond donors (Lipinski definition) is 0. The standard InChI is InChI=1S/C12H17BrN2O2/c1-4-15(9(2)8-17-3)12(16)10-5-6-14-11(13)7-10/h5-7,9H,4,8H2,1-3H3. The minimum Gasteiger partial charge on any atom is -0.383 e. The minimum atomic E-state index is 0.000139. The second kappa shape index (κ2) is 6.71. The number of aromatic nitrogens is 1. The molecule has 0 aliphatic heterocycles.